The Morgan fingerprint density at radius 3 is 2.87 bits per heavy atom. The zero-order valence-corrected chi connectivity index (χ0v) is 9.49. The first kappa shape index (κ1) is 7.89. The van der Waals surface area contributed by atoms with Crippen molar-refractivity contribution in [2.24, 2.45) is 34.0 Å². The maximum atomic E-state index is 6.10. The van der Waals surface area contributed by atoms with Crippen LogP contribution in [0.2, 0.25) is 0 Å². The van der Waals surface area contributed by atoms with Gasteiger partial charge in [0, 0.05) is 5.41 Å². The molecular weight excluding hydrogens is 184 g/mol. The van der Waals surface area contributed by atoms with Gasteiger partial charge < -0.3 is 4.74 Å². The third-order valence-corrected chi connectivity index (χ3v) is 6.94. The zero-order chi connectivity index (χ0) is 10.1. The summed E-state index contributed by atoms with van der Waals surface area (Å²) in [5.74, 6) is 2.63. The van der Waals surface area contributed by atoms with Crippen LogP contribution in [0, 0.1) is 34.0 Å². The summed E-state index contributed by atoms with van der Waals surface area (Å²) in [5, 5.41) is 0. The highest BCUT2D eigenvalue weighted by atomic mass is 16.5. The van der Waals surface area contributed by atoms with Crippen molar-refractivity contribution in [3.05, 3.63) is 12.2 Å². The zero-order valence-electron chi connectivity index (χ0n) is 9.49. The summed E-state index contributed by atoms with van der Waals surface area (Å²) < 4.78 is 6.10. The smallest absolute Gasteiger partial charge is 0.0647 e. The Balaban J connectivity index is 1.84. The molecule has 80 valence electrons. The van der Waals surface area contributed by atoms with Crippen molar-refractivity contribution < 1.29 is 4.74 Å². The molecule has 6 unspecified atom stereocenters. The minimum atomic E-state index is 0.499. The van der Waals surface area contributed by atoms with Crippen molar-refractivity contribution >= 4 is 0 Å². The van der Waals surface area contributed by atoms with E-state index in [1.165, 1.54) is 12.8 Å². The van der Waals surface area contributed by atoms with Gasteiger partial charge >= 0.3 is 0 Å². The topological polar surface area (TPSA) is 9.23 Å². The van der Waals surface area contributed by atoms with E-state index in [0.717, 1.165) is 24.4 Å². The molecular formula is C14H18O. The van der Waals surface area contributed by atoms with E-state index in [-0.39, 0.29) is 0 Å². The lowest BCUT2D eigenvalue weighted by molar-refractivity contribution is 0.0780. The molecule has 1 saturated heterocycles. The van der Waals surface area contributed by atoms with Crippen LogP contribution in [-0.2, 0) is 4.74 Å². The first-order chi connectivity index (χ1) is 7.17. The summed E-state index contributed by atoms with van der Waals surface area (Å²) in [6.45, 7) is 6.03. The highest BCUT2D eigenvalue weighted by Crippen LogP contribution is 2.95. The largest absolute Gasteiger partial charge is 0.377 e. The lowest BCUT2D eigenvalue weighted by atomic mass is 9.67. The Morgan fingerprint density at radius 2 is 2.00 bits per heavy atom. The van der Waals surface area contributed by atoms with E-state index in [2.05, 4.69) is 26.0 Å². The SMILES string of the molecule is CC1(C)C2C=CC3C24CCC2OCC1C234. The molecule has 4 fully saturated rings. The third kappa shape index (κ3) is 0.448. The van der Waals surface area contributed by atoms with Gasteiger partial charge in [-0.1, -0.05) is 26.0 Å². The van der Waals surface area contributed by atoms with Gasteiger partial charge in [-0.25, -0.2) is 0 Å². The van der Waals surface area contributed by atoms with E-state index in [1.54, 1.807) is 0 Å². The van der Waals surface area contributed by atoms with Crippen LogP contribution in [-0.4, -0.2) is 12.7 Å². The van der Waals surface area contributed by atoms with Crippen molar-refractivity contribution in [2.75, 3.05) is 6.61 Å². The first-order valence-electron chi connectivity index (χ1n) is 6.47. The van der Waals surface area contributed by atoms with E-state index in [4.69, 9.17) is 4.74 Å². The second-order valence-corrected chi connectivity index (χ2v) is 7.05. The van der Waals surface area contributed by atoms with Crippen molar-refractivity contribution in [3.63, 3.8) is 0 Å². The number of hydrogen-bond acceptors (Lipinski definition) is 1. The molecule has 0 aromatic heterocycles. The number of allylic oxidation sites excluding steroid dienone is 2. The van der Waals surface area contributed by atoms with E-state index >= 15 is 0 Å². The molecule has 1 heteroatoms. The Morgan fingerprint density at radius 1 is 1.20 bits per heavy atom. The van der Waals surface area contributed by atoms with Crippen LogP contribution in [0.15, 0.2) is 12.2 Å². The summed E-state index contributed by atoms with van der Waals surface area (Å²) in [6, 6.07) is 0. The molecule has 5 aliphatic rings. The van der Waals surface area contributed by atoms with Gasteiger partial charge in [0.2, 0.25) is 0 Å². The standard InChI is InChI=1S/C14H18O/c1-12(2)8-3-4-9-13(8)6-5-11-14(9,13)10(12)7-15-11/h3-4,8-11H,5-7H2,1-2H3. The quantitative estimate of drug-likeness (QED) is 0.549. The van der Waals surface area contributed by atoms with Crippen LogP contribution >= 0.6 is 0 Å². The van der Waals surface area contributed by atoms with Crippen molar-refractivity contribution in [1.82, 2.24) is 0 Å². The van der Waals surface area contributed by atoms with Crippen LogP contribution in [0.3, 0.4) is 0 Å². The molecule has 0 radical (unpaired) electrons. The average molecular weight is 202 g/mol. The molecule has 0 aromatic rings. The molecule has 0 aromatic carbocycles. The van der Waals surface area contributed by atoms with Gasteiger partial charge in [-0.2, -0.15) is 0 Å². The van der Waals surface area contributed by atoms with Crippen molar-refractivity contribution in [1.29, 1.82) is 0 Å². The van der Waals surface area contributed by atoms with Crippen LogP contribution in [0.4, 0.5) is 0 Å². The predicted molar refractivity (Wildman–Crippen MR) is 57.2 cm³/mol. The minimum Gasteiger partial charge on any atom is -0.377 e. The Hall–Kier alpha value is -0.300. The highest BCUT2D eigenvalue weighted by molar-refractivity contribution is 5.48. The molecule has 4 aliphatic carbocycles. The molecule has 3 saturated carbocycles. The van der Waals surface area contributed by atoms with Gasteiger partial charge in [0.15, 0.2) is 0 Å². The maximum absolute atomic E-state index is 6.10. The van der Waals surface area contributed by atoms with Crippen molar-refractivity contribution in [2.45, 2.75) is 32.8 Å². The molecule has 1 aliphatic heterocycles. The van der Waals surface area contributed by atoms with Gasteiger partial charge in [0.1, 0.15) is 0 Å². The van der Waals surface area contributed by atoms with E-state index in [9.17, 15) is 0 Å². The molecule has 5 rings (SSSR count). The number of hydrogen-bond donors (Lipinski definition) is 0. The first-order valence-corrected chi connectivity index (χ1v) is 6.47. The minimum absolute atomic E-state index is 0.499. The molecule has 2 spiro atoms. The van der Waals surface area contributed by atoms with Crippen molar-refractivity contribution in [3.8, 4) is 0 Å². The Bertz CT molecular complexity index is 410. The van der Waals surface area contributed by atoms with Crippen LogP contribution in [0.5, 0.6) is 0 Å². The van der Waals surface area contributed by atoms with Gasteiger partial charge in [0.05, 0.1) is 12.7 Å². The second-order valence-electron chi connectivity index (χ2n) is 7.05. The maximum Gasteiger partial charge on any atom is 0.0647 e. The van der Waals surface area contributed by atoms with E-state index < -0.39 is 0 Å². The lowest BCUT2D eigenvalue weighted by Gasteiger charge is -2.35. The predicted octanol–water partition coefficient (Wildman–Crippen LogP) is 2.62. The number of rotatable bonds is 0. The summed E-state index contributed by atoms with van der Waals surface area (Å²) >= 11 is 0. The molecule has 0 N–H and O–H groups in total. The molecule has 0 bridgehead atoms. The molecule has 15 heavy (non-hydrogen) atoms. The fraction of sp³-hybridized carbons (Fsp3) is 0.857. The second kappa shape index (κ2) is 1.73. The summed E-state index contributed by atoms with van der Waals surface area (Å²) in [4.78, 5) is 0. The molecule has 0 amide bonds. The lowest BCUT2D eigenvalue weighted by Crippen LogP contribution is -2.33. The van der Waals surface area contributed by atoms with Crippen LogP contribution in [0.1, 0.15) is 26.7 Å². The van der Waals surface area contributed by atoms with Gasteiger partial charge in [-0.15, -0.1) is 0 Å². The Kier molecular flexibility index (Phi) is 0.912. The fourth-order valence-corrected chi connectivity index (χ4v) is 6.76. The summed E-state index contributed by atoms with van der Waals surface area (Å²) in [6.07, 6.45) is 8.52. The summed E-state index contributed by atoms with van der Waals surface area (Å²) in [7, 11) is 0. The van der Waals surface area contributed by atoms with Crippen LogP contribution in [0.25, 0.3) is 0 Å². The van der Waals surface area contributed by atoms with E-state index in [0.29, 0.717) is 22.3 Å². The van der Waals surface area contributed by atoms with Gasteiger partial charge in [-0.05, 0) is 41.4 Å². The van der Waals surface area contributed by atoms with Gasteiger partial charge in [-0.3, -0.25) is 0 Å². The Labute approximate surface area is 90.9 Å². The number of ether oxygens (including phenoxy) is 1. The summed E-state index contributed by atoms with van der Waals surface area (Å²) in [5.41, 5.74) is 1.80. The van der Waals surface area contributed by atoms with Gasteiger partial charge in [0.25, 0.3) is 0 Å². The normalized spacial score (nSPS) is 69.7. The molecule has 1 heterocycles. The highest BCUT2D eigenvalue weighted by Gasteiger charge is 2.94. The van der Waals surface area contributed by atoms with E-state index in [1.807, 2.05) is 0 Å². The average Bonchev–Trinajstić information content (AvgIpc) is 2.65. The molecule has 1 nitrogen and oxygen atoms in total. The van der Waals surface area contributed by atoms with Crippen LogP contribution < -0.4 is 0 Å². The third-order valence-electron chi connectivity index (χ3n) is 6.94. The fourth-order valence-electron chi connectivity index (χ4n) is 6.76. The molecule has 6 atom stereocenters. The monoisotopic (exact) mass is 202 g/mol.